The summed E-state index contributed by atoms with van der Waals surface area (Å²) in [4.78, 5) is 9.03. The first-order chi connectivity index (χ1) is 23.3. The van der Waals surface area contributed by atoms with Crippen LogP contribution in [0.3, 0.4) is 0 Å². The number of hydrogen-bond donors (Lipinski definition) is 5. The van der Waals surface area contributed by atoms with Gasteiger partial charge in [0.25, 0.3) is 0 Å². The van der Waals surface area contributed by atoms with Gasteiger partial charge in [0.1, 0.15) is 11.9 Å². The van der Waals surface area contributed by atoms with Crippen LogP contribution in [0.1, 0.15) is 113 Å². The van der Waals surface area contributed by atoms with Crippen LogP contribution in [-0.4, -0.2) is 50.3 Å². The van der Waals surface area contributed by atoms with Crippen molar-refractivity contribution in [1.29, 1.82) is 0 Å². The largest absolute Gasteiger partial charge is 0.667 e. The molecule has 8 nitrogen and oxygen atoms in total. The highest BCUT2D eigenvalue weighted by Crippen LogP contribution is 2.51. The molecule has 0 saturated heterocycles. The van der Waals surface area contributed by atoms with Gasteiger partial charge in [0.15, 0.2) is 11.5 Å². The average molecular weight is 657 g/mol. The third kappa shape index (κ3) is 8.93. The maximum absolute atomic E-state index is 11.2. The first-order valence-corrected chi connectivity index (χ1v) is 18.1. The second kappa shape index (κ2) is 17.2. The lowest BCUT2D eigenvalue weighted by atomic mass is 9.60. The molecule has 260 valence electrons. The van der Waals surface area contributed by atoms with E-state index in [-0.39, 0.29) is 29.6 Å². The minimum absolute atomic E-state index is 0.00366. The number of nitrogens with two attached hydrogens (primary N) is 1. The van der Waals surface area contributed by atoms with Gasteiger partial charge in [-0.05, 0) is 98.1 Å². The standard InChI is InChI=1S/C40H54N3O5/c1-2-28-10-4-5-13-34(45)32(12-8-11-28)35(46)17-15-29-16-18-36(47)37(24-29)48-31(27-44)26-33(30-19-23-43-39(41)25-30)40(20-6-3-7-21-40)38-14-9-22-42-38/h9,14,16,18-19,22-25,28,31-35,44-47H,2-7,10,12-13,15,17,20-21,26-27H2,1H3,(H2,41,43)/q-1/t28-,31-,32-,33+,34-,35+/m0/s1. The summed E-state index contributed by atoms with van der Waals surface area (Å²) < 4.78 is 6.40. The van der Waals surface area contributed by atoms with E-state index in [9.17, 15) is 20.4 Å². The Balaban J connectivity index is 1.32. The van der Waals surface area contributed by atoms with Crippen molar-refractivity contribution < 1.29 is 25.2 Å². The van der Waals surface area contributed by atoms with Gasteiger partial charge in [0.2, 0.25) is 0 Å². The van der Waals surface area contributed by atoms with Gasteiger partial charge < -0.3 is 35.9 Å². The Hall–Kier alpha value is -3.51. The second-order valence-corrected chi connectivity index (χ2v) is 14.0. The third-order valence-corrected chi connectivity index (χ3v) is 10.9. The fraction of sp³-hybridized carbons (Fsp3) is 0.575. The molecule has 0 radical (unpaired) electrons. The molecule has 1 aromatic carbocycles. The highest BCUT2D eigenvalue weighted by atomic mass is 16.5. The zero-order valence-corrected chi connectivity index (χ0v) is 28.4. The van der Waals surface area contributed by atoms with Gasteiger partial charge >= 0.3 is 0 Å². The lowest BCUT2D eigenvalue weighted by molar-refractivity contribution is 0.00559. The van der Waals surface area contributed by atoms with E-state index >= 15 is 0 Å². The predicted octanol–water partition coefficient (Wildman–Crippen LogP) is 6.41. The molecule has 2 aliphatic carbocycles. The SMILES string of the molecule is CC[C@@H]1C#CC[C@H]([C@H](O)CCc2ccc(O)c(O[C@H](CO)C[C@H](c3ccnc(N)c3)C3(c4ccc[n-]4)CCCCC3)c2)[C@@H](O)CCCC1. The van der Waals surface area contributed by atoms with E-state index in [0.29, 0.717) is 49.6 Å². The van der Waals surface area contributed by atoms with Crippen LogP contribution in [-0.2, 0) is 11.8 Å². The highest BCUT2D eigenvalue weighted by molar-refractivity contribution is 5.42. The molecule has 6 atom stereocenters. The summed E-state index contributed by atoms with van der Waals surface area (Å²) in [6.07, 6.45) is 13.7. The number of aliphatic hydroxyl groups excluding tert-OH is 3. The Morgan fingerprint density at radius 2 is 1.90 bits per heavy atom. The molecular formula is C40H54N3O5-. The molecule has 0 unspecified atom stereocenters. The number of nitrogen functional groups attached to an aromatic ring is 1. The number of nitrogens with zero attached hydrogens (tertiary/aromatic N) is 2. The van der Waals surface area contributed by atoms with Crippen molar-refractivity contribution in [3.05, 3.63) is 71.7 Å². The van der Waals surface area contributed by atoms with Gasteiger partial charge in [-0.15, -0.1) is 5.92 Å². The lowest BCUT2D eigenvalue weighted by Gasteiger charge is -2.48. The molecule has 5 rings (SSSR count). The van der Waals surface area contributed by atoms with Crippen LogP contribution in [0.5, 0.6) is 11.5 Å². The van der Waals surface area contributed by atoms with Crippen LogP contribution in [0.4, 0.5) is 5.82 Å². The molecular weight excluding hydrogens is 602 g/mol. The lowest BCUT2D eigenvalue weighted by Crippen LogP contribution is -2.40. The van der Waals surface area contributed by atoms with Gasteiger partial charge in [0.05, 0.1) is 18.8 Å². The topological polar surface area (TPSA) is 143 Å². The predicted molar refractivity (Wildman–Crippen MR) is 189 cm³/mol. The van der Waals surface area contributed by atoms with Crippen LogP contribution in [0.15, 0.2) is 54.9 Å². The van der Waals surface area contributed by atoms with Gasteiger partial charge in [-0.1, -0.05) is 63.1 Å². The van der Waals surface area contributed by atoms with Crippen LogP contribution < -0.4 is 15.5 Å². The summed E-state index contributed by atoms with van der Waals surface area (Å²) in [7, 11) is 0. The number of aryl methyl sites for hydroxylation is 1. The van der Waals surface area contributed by atoms with Crippen molar-refractivity contribution in [1.82, 2.24) is 9.97 Å². The van der Waals surface area contributed by atoms with E-state index in [1.54, 1.807) is 18.3 Å². The molecule has 3 aromatic rings. The van der Waals surface area contributed by atoms with E-state index in [1.165, 1.54) is 6.42 Å². The van der Waals surface area contributed by atoms with Crippen LogP contribution in [0.25, 0.3) is 0 Å². The Morgan fingerprint density at radius 3 is 2.62 bits per heavy atom. The third-order valence-electron chi connectivity index (χ3n) is 10.9. The molecule has 2 heterocycles. The maximum Gasteiger partial charge on any atom is 0.161 e. The molecule has 1 saturated carbocycles. The molecule has 8 heteroatoms. The molecule has 6 N–H and O–H groups in total. The number of aromatic hydroxyl groups is 1. The van der Waals surface area contributed by atoms with Crippen LogP contribution in [0, 0.1) is 23.7 Å². The Morgan fingerprint density at radius 1 is 1.08 bits per heavy atom. The van der Waals surface area contributed by atoms with Gasteiger partial charge in [-0.3, -0.25) is 0 Å². The molecule has 2 aliphatic rings. The maximum atomic E-state index is 11.2. The zero-order chi connectivity index (χ0) is 33.9. The Kier molecular flexibility index (Phi) is 12.9. The molecule has 0 aliphatic heterocycles. The summed E-state index contributed by atoms with van der Waals surface area (Å²) in [6, 6.07) is 13.3. The first-order valence-electron chi connectivity index (χ1n) is 18.1. The van der Waals surface area contributed by atoms with Crippen molar-refractivity contribution in [2.75, 3.05) is 12.3 Å². The second-order valence-electron chi connectivity index (χ2n) is 14.0. The fourth-order valence-electron chi connectivity index (χ4n) is 8.05. The Bertz CT molecular complexity index is 1480. The Labute approximate surface area is 286 Å². The number of rotatable bonds is 13. The number of ether oxygens (including phenoxy) is 1. The van der Waals surface area contributed by atoms with Gasteiger partial charge in [-0.25, -0.2) is 4.98 Å². The molecule has 0 amide bonds. The van der Waals surface area contributed by atoms with E-state index in [2.05, 4.69) is 29.8 Å². The number of hydrogen-bond acceptors (Lipinski definition) is 7. The number of aromatic nitrogens is 2. The van der Waals surface area contributed by atoms with Gasteiger partial charge in [0, 0.05) is 24.5 Å². The molecule has 0 spiro atoms. The van der Waals surface area contributed by atoms with Crippen molar-refractivity contribution in [2.24, 2.45) is 11.8 Å². The first kappa shape index (κ1) is 35.8. The van der Waals surface area contributed by atoms with E-state index in [4.69, 9.17) is 15.5 Å². The van der Waals surface area contributed by atoms with E-state index in [1.807, 2.05) is 30.5 Å². The van der Waals surface area contributed by atoms with Crippen molar-refractivity contribution >= 4 is 5.82 Å². The summed E-state index contributed by atoms with van der Waals surface area (Å²) in [5.41, 5.74) is 8.93. The number of anilines is 1. The van der Waals surface area contributed by atoms with Crippen molar-refractivity contribution in [2.45, 2.75) is 126 Å². The number of phenols is 1. The number of aliphatic hydroxyl groups is 3. The summed E-state index contributed by atoms with van der Waals surface area (Å²) >= 11 is 0. The minimum Gasteiger partial charge on any atom is -0.667 e. The number of benzene rings is 1. The van der Waals surface area contributed by atoms with Crippen molar-refractivity contribution in [3.63, 3.8) is 0 Å². The van der Waals surface area contributed by atoms with Crippen LogP contribution in [0.2, 0.25) is 0 Å². The number of pyridine rings is 1. The minimum atomic E-state index is -0.706. The monoisotopic (exact) mass is 656 g/mol. The molecule has 1 fully saturated rings. The van der Waals surface area contributed by atoms with E-state index in [0.717, 1.165) is 68.2 Å². The van der Waals surface area contributed by atoms with E-state index < -0.39 is 18.3 Å². The molecule has 2 aromatic heterocycles. The smallest absolute Gasteiger partial charge is 0.161 e. The number of phenolic OH excluding ortho intramolecular Hbond substituents is 1. The zero-order valence-electron chi connectivity index (χ0n) is 28.4. The summed E-state index contributed by atoms with van der Waals surface area (Å²) in [5.74, 6) is 7.41. The summed E-state index contributed by atoms with van der Waals surface area (Å²) in [5, 5.41) is 43.6. The van der Waals surface area contributed by atoms with Crippen molar-refractivity contribution in [3.8, 4) is 23.3 Å². The van der Waals surface area contributed by atoms with Crippen LogP contribution >= 0.6 is 0 Å². The average Bonchev–Trinajstić information content (AvgIpc) is 3.66. The normalized spacial score (nSPS) is 23.3. The molecule has 48 heavy (non-hydrogen) atoms. The highest BCUT2D eigenvalue weighted by Gasteiger charge is 2.41. The fourth-order valence-corrected chi connectivity index (χ4v) is 8.05. The molecule has 0 bridgehead atoms. The van der Waals surface area contributed by atoms with Gasteiger partial charge in [-0.2, -0.15) is 11.9 Å². The quantitative estimate of drug-likeness (QED) is 0.133. The summed E-state index contributed by atoms with van der Waals surface area (Å²) in [6.45, 7) is 1.93.